The van der Waals surface area contributed by atoms with Crippen LogP contribution in [-0.2, 0) is 32.0 Å². The fraction of sp³-hybridized carbons (Fsp3) is 0.545. The van der Waals surface area contributed by atoms with Gasteiger partial charge in [0.1, 0.15) is 30.6 Å². The normalized spacial score (nSPS) is 23.7. The van der Waals surface area contributed by atoms with Crippen LogP contribution in [0.15, 0.2) is 48.5 Å². The molecule has 14 heteroatoms. The first-order valence-corrected chi connectivity index (χ1v) is 20.0. The summed E-state index contributed by atoms with van der Waals surface area (Å²) in [6.45, 7) is 19.6. The molecule has 58 heavy (non-hydrogen) atoms. The molecule has 4 N–H and O–H groups in total. The standard InChI is InChI=1S/C22H29N3O3.C11H11N3O2.C9H18O.C2H4O2.2H2/c1-13-6-8-18(9-7-13)22-23-19(25(24-22)17(5)26)12-20(27)28-21-15(3)10-14(2)11-16(21)4;1-7-2-4-8(5-3-7)11-12-9(13-14-11)6-10(15)16;1-6-4-7(2)9(10)8(3)5-6;1-2(3)4;;/h6-9,14-16,21H,10-12H2,1-5H3;2-5H,6H2,1H3,(H,15,16)(H,12,13,14);6-10H,4-5H2,1-3H3;1H3,(H,3,4);2*1H. The summed E-state index contributed by atoms with van der Waals surface area (Å²) in [5.41, 5.74) is 3.97. The quantitative estimate of drug-likeness (QED) is 0.131. The first-order chi connectivity index (χ1) is 27.2. The number of hydrogen-bond donors (Lipinski definition) is 4. The maximum absolute atomic E-state index is 12.6. The topological polar surface area (TPSA) is 210 Å². The van der Waals surface area contributed by atoms with E-state index >= 15 is 0 Å². The number of aliphatic hydroxyl groups excluding tert-OH is 1. The first-order valence-electron chi connectivity index (χ1n) is 20.0. The lowest BCUT2D eigenvalue weighted by atomic mass is 9.75. The molecule has 2 aliphatic rings. The summed E-state index contributed by atoms with van der Waals surface area (Å²) in [7, 11) is 0. The van der Waals surface area contributed by atoms with E-state index in [0.717, 1.165) is 47.9 Å². The average Bonchev–Trinajstić information content (AvgIpc) is 3.77. The SMILES string of the molecule is CC(=O)O.CC(=O)n1nc(-c2ccc(C)cc2)nc1CC(=O)OC1C(C)CC(C)CC1C.CC1CC(C)C(O)C(C)C1.Cc1ccc(-c2n[nH]c(CC(=O)O)n2)cc1.[HH].[HH]. The summed E-state index contributed by atoms with van der Waals surface area (Å²) < 4.78 is 7.00. The van der Waals surface area contributed by atoms with E-state index in [1.165, 1.54) is 24.4 Å². The average molecular weight is 807 g/mol. The molecule has 4 aromatic rings. The van der Waals surface area contributed by atoms with Gasteiger partial charge in [-0.25, -0.2) is 9.97 Å². The molecule has 2 saturated carbocycles. The van der Waals surface area contributed by atoms with Gasteiger partial charge in [-0.1, -0.05) is 101 Å². The highest BCUT2D eigenvalue weighted by molar-refractivity contribution is 5.79. The summed E-state index contributed by atoms with van der Waals surface area (Å²) >= 11 is 0. The molecular formula is C44H66N6O8. The Labute approximate surface area is 344 Å². The third kappa shape index (κ3) is 14.9. The molecule has 2 fully saturated rings. The number of benzene rings is 2. The summed E-state index contributed by atoms with van der Waals surface area (Å²) in [5, 5.41) is 36.5. The van der Waals surface area contributed by atoms with Gasteiger partial charge in [-0.3, -0.25) is 24.3 Å². The number of nitrogens with zero attached hydrogens (tertiary/aromatic N) is 5. The summed E-state index contributed by atoms with van der Waals surface area (Å²) in [4.78, 5) is 52.6. The second kappa shape index (κ2) is 22.1. The Bertz CT molecular complexity index is 1920. The van der Waals surface area contributed by atoms with Crippen LogP contribution in [0.3, 0.4) is 0 Å². The Balaban J connectivity index is 0.000000473. The number of aliphatic carboxylic acids is 2. The Morgan fingerprint density at radius 3 is 1.62 bits per heavy atom. The smallest absolute Gasteiger partial charge is 0.313 e. The number of aryl methyl sites for hydroxylation is 2. The van der Waals surface area contributed by atoms with Gasteiger partial charge < -0.3 is 20.1 Å². The predicted molar refractivity (Wildman–Crippen MR) is 225 cm³/mol. The largest absolute Gasteiger partial charge is 0.481 e. The van der Waals surface area contributed by atoms with Crippen molar-refractivity contribution in [3.05, 3.63) is 71.3 Å². The Morgan fingerprint density at radius 2 is 1.17 bits per heavy atom. The first kappa shape index (κ1) is 47.1. The molecule has 0 aliphatic heterocycles. The predicted octanol–water partition coefficient (Wildman–Crippen LogP) is 8.11. The van der Waals surface area contributed by atoms with Gasteiger partial charge >= 0.3 is 11.9 Å². The second-order valence-electron chi connectivity index (χ2n) is 16.4. The fourth-order valence-electron chi connectivity index (χ4n) is 7.84. The lowest BCUT2D eigenvalue weighted by Gasteiger charge is -2.37. The monoisotopic (exact) mass is 806 g/mol. The molecule has 0 spiro atoms. The van der Waals surface area contributed by atoms with E-state index in [1.54, 1.807) is 0 Å². The van der Waals surface area contributed by atoms with Crippen LogP contribution in [0.5, 0.6) is 0 Å². The lowest BCUT2D eigenvalue weighted by molar-refractivity contribution is -0.157. The molecule has 6 rings (SSSR count). The molecule has 2 aromatic heterocycles. The van der Waals surface area contributed by atoms with E-state index in [-0.39, 0.29) is 39.8 Å². The zero-order chi connectivity index (χ0) is 43.3. The summed E-state index contributed by atoms with van der Waals surface area (Å²) in [6, 6.07) is 15.5. The van der Waals surface area contributed by atoms with Gasteiger partial charge in [0, 0.05) is 27.8 Å². The Hall–Kier alpha value is -5.24. The number of aromatic nitrogens is 6. The van der Waals surface area contributed by atoms with Crippen molar-refractivity contribution in [1.82, 2.24) is 29.9 Å². The number of carbonyl (C=O) groups excluding carboxylic acids is 2. The van der Waals surface area contributed by atoms with E-state index in [2.05, 4.69) is 66.8 Å². The van der Waals surface area contributed by atoms with Crippen molar-refractivity contribution in [3.63, 3.8) is 0 Å². The molecule has 0 amide bonds. The van der Waals surface area contributed by atoms with Crippen LogP contribution in [0.1, 0.15) is 111 Å². The van der Waals surface area contributed by atoms with Gasteiger partial charge in [0.2, 0.25) is 5.91 Å². The van der Waals surface area contributed by atoms with Crippen LogP contribution in [0.4, 0.5) is 0 Å². The van der Waals surface area contributed by atoms with E-state index in [4.69, 9.17) is 19.7 Å². The number of H-pyrrole nitrogens is 1. The zero-order valence-electron chi connectivity index (χ0n) is 35.6. The van der Waals surface area contributed by atoms with Crippen molar-refractivity contribution in [1.29, 1.82) is 0 Å². The minimum atomic E-state index is -0.924. The van der Waals surface area contributed by atoms with Crippen molar-refractivity contribution in [3.8, 4) is 22.8 Å². The molecule has 0 bridgehead atoms. The number of aromatic amines is 1. The van der Waals surface area contributed by atoms with Gasteiger partial charge in [0.25, 0.3) is 5.97 Å². The van der Waals surface area contributed by atoms with Gasteiger partial charge in [-0.05, 0) is 75.0 Å². The van der Waals surface area contributed by atoms with Crippen molar-refractivity contribution >= 4 is 23.8 Å². The highest BCUT2D eigenvalue weighted by atomic mass is 16.5. The van der Waals surface area contributed by atoms with Gasteiger partial charge in [0.05, 0.1) is 6.10 Å². The third-order valence-corrected chi connectivity index (χ3v) is 10.4. The Morgan fingerprint density at radius 1 is 0.724 bits per heavy atom. The molecule has 2 heterocycles. The van der Waals surface area contributed by atoms with Crippen LogP contribution in [0.2, 0.25) is 0 Å². The fourth-order valence-corrected chi connectivity index (χ4v) is 7.84. The molecule has 0 radical (unpaired) electrons. The lowest BCUT2D eigenvalue weighted by Crippen LogP contribution is -2.38. The van der Waals surface area contributed by atoms with Crippen molar-refractivity contribution in [2.24, 2.45) is 35.5 Å². The van der Waals surface area contributed by atoms with Crippen LogP contribution >= 0.6 is 0 Å². The highest BCUT2D eigenvalue weighted by Crippen LogP contribution is 2.35. The van der Waals surface area contributed by atoms with Crippen molar-refractivity contribution in [2.75, 3.05) is 0 Å². The van der Waals surface area contributed by atoms with E-state index < -0.39 is 11.9 Å². The van der Waals surface area contributed by atoms with Gasteiger partial charge in [-0.15, -0.1) is 5.10 Å². The molecule has 2 aliphatic carbocycles. The Kier molecular flexibility index (Phi) is 17.9. The summed E-state index contributed by atoms with van der Waals surface area (Å²) in [6.07, 6.45) is 4.18. The van der Waals surface area contributed by atoms with E-state index in [1.807, 2.05) is 62.4 Å². The number of esters is 1. The van der Waals surface area contributed by atoms with E-state index in [0.29, 0.717) is 52.9 Å². The number of nitrogens with one attached hydrogen (secondary N) is 1. The number of aliphatic hydroxyl groups is 1. The molecule has 14 nitrogen and oxygen atoms in total. The molecule has 0 saturated heterocycles. The van der Waals surface area contributed by atoms with E-state index in [9.17, 15) is 19.5 Å². The number of carboxylic acid groups (broad SMARTS) is 2. The van der Waals surface area contributed by atoms with Crippen LogP contribution in [-0.4, -0.2) is 81.3 Å². The van der Waals surface area contributed by atoms with Gasteiger partial charge in [-0.2, -0.15) is 9.78 Å². The third-order valence-electron chi connectivity index (χ3n) is 10.4. The molecule has 2 aromatic carbocycles. The number of hydrogen-bond acceptors (Lipinski definition) is 10. The van der Waals surface area contributed by atoms with Crippen molar-refractivity contribution < 1.29 is 42.1 Å². The minimum Gasteiger partial charge on any atom is -0.481 e. The number of rotatable bonds is 7. The second-order valence-corrected chi connectivity index (χ2v) is 16.4. The van der Waals surface area contributed by atoms with Crippen LogP contribution in [0.25, 0.3) is 22.8 Å². The molecule has 320 valence electrons. The number of carboxylic acids is 2. The molecule has 4 atom stereocenters. The molecule has 4 unspecified atom stereocenters. The maximum atomic E-state index is 12.6. The van der Waals surface area contributed by atoms with Crippen LogP contribution in [0, 0.1) is 49.4 Å². The maximum Gasteiger partial charge on any atom is 0.313 e. The minimum absolute atomic E-state index is 0. The van der Waals surface area contributed by atoms with Crippen molar-refractivity contribution in [2.45, 2.75) is 120 Å². The van der Waals surface area contributed by atoms with Crippen LogP contribution < -0.4 is 0 Å². The summed E-state index contributed by atoms with van der Waals surface area (Å²) in [5.74, 6) is 2.40. The zero-order valence-corrected chi connectivity index (χ0v) is 35.6. The molecular weight excluding hydrogens is 741 g/mol. The number of carbonyl (C=O) groups is 4. The van der Waals surface area contributed by atoms with Gasteiger partial charge in [0.15, 0.2) is 11.6 Å². The number of ether oxygens (including phenoxy) is 1. The highest BCUT2D eigenvalue weighted by Gasteiger charge is 2.34.